The molecule has 0 fully saturated rings. The molecule has 2 nitrogen and oxygen atoms in total. The number of allylic oxidation sites excluding steroid dienone is 2. The summed E-state index contributed by atoms with van der Waals surface area (Å²) in [5.74, 6) is 0.911. The highest BCUT2D eigenvalue weighted by Crippen LogP contribution is 2.55. The molecule has 1 aromatic heterocycles. The van der Waals surface area contributed by atoms with Crippen LogP contribution < -0.4 is 9.64 Å². The molecule has 0 amide bonds. The summed E-state index contributed by atoms with van der Waals surface area (Å²) in [7, 11) is 0. The summed E-state index contributed by atoms with van der Waals surface area (Å²) in [6.45, 7) is 0. The Hall–Kier alpha value is -6.68. The number of rotatable bonds is 6. The number of nitrogens with zero attached hydrogens (tertiary/aromatic N) is 1. The van der Waals surface area contributed by atoms with Crippen LogP contribution in [0, 0.1) is 0 Å². The average molecular weight is 722 g/mol. The molecular weight excluding hydrogens is 687 g/mol. The zero-order chi connectivity index (χ0) is 36.3. The second-order valence-corrected chi connectivity index (χ2v) is 15.4. The lowest BCUT2D eigenvalue weighted by molar-refractivity contribution is 0.267. The first kappa shape index (κ1) is 31.8. The maximum Gasteiger partial charge on any atom is 0.132 e. The molecule has 1 aliphatic carbocycles. The molecule has 0 saturated heterocycles. The van der Waals surface area contributed by atoms with Crippen molar-refractivity contribution in [3.05, 3.63) is 217 Å². The van der Waals surface area contributed by atoms with E-state index < -0.39 is 0 Å². The molecule has 2 unspecified atom stereocenters. The SMILES string of the molecule is C1=C(c2ccccc2)C=C(N(c2ccc(-c3ccccc3)cc2)c2cccc3c2sc2ccccc23)C2c3cc(-c4ccccc4)c4ccccc4c3OC12. The van der Waals surface area contributed by atoms with Crippen molar-refractivity contribution >= 4 is 59.2 Å². The highest BCUT2D eigenvalue weighted by atomic mass is 32.1. The van der Waals surface area contributed by atoms with Crippen LogP contribution in [-0.2, 0) is 0 Å². The van der Waals surface area contributed by atoms with E-state index in [0.29, 0.717) is 0 Å². The maximum atomic E-state index is 7.19. The zero-order valence-corrected chi connectivity index (χ0v) is 30.8. The number of thiophene rings is 1. The Kier molecular flexibility index (Phi) is 7.53. The summed E-state index contributed by atoms with van der Waals surface area (Å²) in [5, 5.41) is 4.91. The van der Waals surface area contributed by atoms with Gasteiger partial charge >= 0.3 is 0 Å². The molecular formula is C52H35NOS. The van der Waals surface area contributed by atoms with Gasteiger partial charge in [0.25, 0.3) is 0 Å². The van der Waals surface area contributed by atoms with Crippen molar-refractivity contribution in [2.45, 2.75) is 12.0 Å². The van der Waals surface area contributed by atoms with Crippen molar-refractivity contribution in [2.75, 3.05) is 4.90 Å². The Morgan fingerprint density at radius 1 is 0.491 bits per heavy atom. The Morgan fingerprint density at radius 2 is 1.09 bits per heavy atom. The van der Waals surface area contributed by atoms with E-state index in [2.05, 4.69) is 205 Å². The molecule has 260 valence electrons. The topological polar surface area (TPSA) is 12.5 Å². The lowest BCUT2D eigenvalue weighted by atomic mass is 9.81. The normalized spacial score (nSPS) is 16.0. The monoisotopic (exact) mass is 721 g/mol. The summed E-state index contributed by atoms with van der Waals surface area (Å²) < 4.78 is 9.75. The first-order valence-corrected chi connectivity index (χ1v) is 19.7. The van der Waals surface area contributed by atoms with Crippen LogP contribution in [0.5, 0.6) is 5.75 Å². The van der Waals surface area contributed by atoms with Crippen molar-refractivity contribution in [3.8, 4) is 28.0 Å². The summed E-state index contributed by atoms with van der Waals surface area (Å²) in [4.78, 5) is 2.52. The summed E-state index contributed by atoms with van der Waals surface area (Å²) in [6, 6.07) is 68.0. The van der Waals surface area contributed by atoms with Gasteiger partial charge in [-0.05, 0) is 81.3 Å². The number of ether oxygens (including phenoxy) is 1. The fraction of sp³-hybridized carbons (Fsp3) is 0.0385. The summed E-state index contributed by atoms with van der Waals surface area (Å²) in [5.41, 5.74) is 11.8. The van der Waals surface area contributed by atoms with E-state index in [-0.39, 0.29) is 12.0 Å². The quantitative estimate of drug-likeness (QED) is 0.169. The largest absolute Gasteiger partial charge is 0.484 e. The number of hydrogen-bond acceptors (Lipinski definition) is 3. The van der Waals surface area contributed by atoms with E-state index in [1.807, 2.05) is 11.3 Å². The fourth-order valence-corrected chi connectivity index (χ4v) is 9.89. The number of hydrogen-bond donors (Lipinski definition) is 0. The molecule has 1 aliphatic heterocycles. The third kappa shape index (κ3) is 5.31. The van der Waals surface area contributed by atoms with Gasteiger partial charge in [-0.1, -0.05) is 158 Å². The van der Waals surface area contributed by atoms with Crippen molar-refractivity contribution < 1.29 is 4.74 Å². The summed E-state index contributed by atoms with van der Waals surface area (Å²) in [6.07, 6.45) is 4.56. The average Bonchev–Trinajstić information content (AvgIpc) is 3.84. The van der Waals surface area contributed by atoms with Gasteiger partial charge in [-0.2, -0.15) is 0 Å². The minimum Gasteiger partial charge on any atom is -0.484 e. The van der Waals surface area contributed by atoms with Crippen LogP contribution in [0.4, 0.5) is 11.4 Å². The smallest absolute Gasteiger partial charge is 0.132 e. The van der Waals surface area contributed by atoms with Crippen molar-refractivity contribution in [1.82, 2.24) is 0 Å². The minimum absolute atomic E-state index is 0.0621. The van der Waals surface area contributed by atoms with Gasteiger partial charge in [0.15, 0.2) is 0 Å². The van der Waals surface area contributed by atoms with Crippen LogP contribution in [0.2, 0.25) is 0 Å². The minimum atomic E-state index is -0.202. The third-order valence-electron chi connectivity index (χ3n) is 11.2. The van der Waals surface area contributed by atoms with Gasteiger partial charge in [-0.25, -0.2) is 0 Å². The Balaban J connectivity index is 1.18. The molecule has 0 N–H and O–H groups in total. The van der Waals surface area contributed by atoms with Crippen LogP contribution in [0.1, 0.15) is 17.0 Å². The van der Waals surface area contributed by atoms with Gasteiger partial charge in [-0.3, -0.25) is 0 Å². The maximum absolute atomic E-state index is 7.19. The van der Waals surface area contributed by atoms with E-state index >= 15 is 0 Å². The highest BCUT2D eigenvalue weighted by Gasteiger charge is 2.42. The molecule has 2 heterocycles. The van der Waals surface area contributed by atoms with E-state index in [1.165, 1.54) is 70.3 Å². The first-order valence-electron chi connectivity index (χ1n) is 18.9. The Labute approximate surface area is 324 Å². The van der Waals surface area contributed by atoms with E-state index in [4.69, 9.17) is 4.74 Å². The van der Waals surface area contributed by atoms with Crippen LogP contribution in [0.3, 0.4) is 0 Å². The van der Waals surface area contributed by atoms with E-state index in [9.17, 15) is 0 Å². The molecule has 55 heavy (non-hydrogen) atoms. The molecule has 0 radical (unpaired) electrons. The Bertz CT molecular complexity index is 2940. The van der Waals surface area contributed by atoms with E-state index in [1.54, 1.807) is 0 Å². The number of anilines is 2. The second kappa shape index (κ2) is 13.0. The van der Waals surface area contributed by atoms with Gasteiger partial charge in [0.05, 0.1) is 16.3 Å². The molecule has 11 rings (SSSR count). The highest BCUT2D eigenvalue weighted by molar-refractivity contribution is 7.26. The van der Waals surface area contributed by atoms with Gasteiger partial charge in [-0.15, -0.1) is 11.3 Å². The van der Waals surface area contributed by atoms with Crippen molar-refractivity contribution in [3.63, 3.8) is 0 Å². The third-order valence-corrected chi connectivity index (χ3v) is 12.4. The molecule has 2 atom stereocenters. The fourth-order valence-electron chi connectivity index (χ4n) is 8.69. The molecule has 0 bridgehead atoms. The van der Waals surface area contributed by atoms with Gasteiger partial charge in [0.1, 0.15) is 11.9 Å². The number of fused-ring (bicyclic) bond motifs is 8. The standard InChI is InChI=1S/C52H35NOS/c1-4-15-34(16-5-1)36-27-29-39(30-28-36)53(46-25-14-24-43-41-22-12-13-26-49(41)55-52(43)46)47-31-38(35-17-6-2-7-18-35)32-48-50(47)45-33-44(37-19-8-3-9-20-37)40-21-10-11-23-42(40)51(45)54-48/h1-33,48,50H. The second-order valence-electron chi connectivity index (χ2n) is 14.4. The van der Waals surface area contributed by atoms with Crippen molar-refractivity contribution in [1.29, 1.82) is 0 Å². The van der Waals surface area contributed by atoms with Crippen LogP contribution >= 0.6 is 11.3 Å². The van der Waals surface area contributed by atoms with Gasteiger partial charge in [0, 0.05) is 37.8 Å². The lowest BCUT2D eigenvalue weighted by Gasteiger charge is -2.35. The predicted octanol–water partition coefficient (Wildman–Crippen LogP) is 14.2. The van der Waals surface area contributed by atoms with Gasteiger partial charge in [0.2, 0.25) is 0 Å². The first-order chi connectivity index (χ1) is 27.3. The predicted molar refractivity (Wildman–Crippen MR) is 232 cm³/mol. The van der Waals surface area contributed by atoms with Crippen LogP contribution in [-0.4, -0.2) is 6.10 Å². The molecule has 3 heteroatoms. The molecule has 0 saturated carbocycles. The van der Waals surface area contributed by atoms with Gasteiger partial charge < -0.3 is 9.64 Å². The molecule has 2 aliphatic rings. The Morgan fingerprint density at radius 3 is 1.84 bits per heavy atom. The molecule has 0 spiro atoms. The lowest BCUT2D eigenvalue weighted by Crippen LogP contribution is -2.30. The van der Waals surface area contributed by atoms with Crippen LogP contribution in [0.25, 0.3) is 58.8 Å². The van der Waals surface area contributed by atoms with Crippen molar-refractivity contribution in [2.24, 2.45) is 0 Å². The summed E-state index contributed by atoms with van der Waals surface area (Å²) >= 11 is 1.87. The molecule has 9 aromatic rings. The van der Waals surface area contributed by atoms with E-state index in [0.717, 1.165) is 22.4 Å². The number of benzene rings is 8. The zero-order valence-electron chi connectivity index (χ0n) is 30.0. The molecule has 8 aromatic carbocycles. The van der Waals surface area contributed by atoms with Crippen LogP contribution in [0.15, 0.2) is 206 Å².